The molecular weight excluding hydrogens is 326 g/mol. The zero-order chi connectivity index (χ0) is 14.5. The van der Waals surface area contributed by atoms with Gasteiger partial charge < -0.3 is 4.42 Å². The number of hydrogen-bond acceptors (Lipinski definition) is 2. The number of furan rings is 1. The molecular formula is C18H16BrNO. The van der Waals surface area contributed by atoms with Gasteiger partial charge in [0, 0.05) is 11.0 Å². The molecule has 0 saturated carbocycles. The van der Waals surface area contributed by atoms with Gasteiger partial charge >= 0.3 is 0 Å². The van der Waals surface area contributed by atoms with Crippen LogP contribution in [-0.4, -0.2) is 0 Å². The highest BCUT2D eigenvalue weighted by Crippen LogP contribution is 2.24. The van der Waals surface area contributed by atoms with Crippen LogP contribution in [-0.2, 0) is 6.54 Å². The maximum absolute atomic E-state index is 5.59. The Hall–Kier alpha value is -1.84. The number of benzene rings is 2. The lowest BCUT2D eigenvalue weighted by Gasteiger charge is -2.17. The monoisotopic (exact) mass is 341 g/mol. The van der Waals surface area contributed by atoms with Gasteiger partial charge in [0.05, 0.1) is 12.3 Å². The van der Waals surface area contributed by atoms with E-state index in [0.717, 1.165) is 16.8 Å². The first-order valence-electron chi connectivity index (χ1n) is 6.90. The van der Waals surface area contributed by atoms with Gasteiger partial charge in [0.25, 0.3) is 0 Å². The van der Waals surface area contributed by atoms with Crippen molar-refractivity contribution in [2.75, 3.05) is 0 Å². The van der Waals surface area contributed by atoms with Crippen LogP contribution in [0.4, 0.5) is 0 Å². The SMILES string of the molecule is Brc1ccccc1CNC(c1ccccc1)c1ccco1. The van der Waals surface area contributed by atoms with Gasteiger partial charge in [-0.15, -0.1) is 0 Å². The van der Waals surface area contributed by atoms with Crippen LogP contribution in [0.15, 0.2) is 81.9 Å². The van der Waals surface area contributed by atoms with Gasteiger partial charge in [0.1, 0.15) is 5.76 Å². The van der Waals surface area contributed by atoms with Gasteiger partial charge in [-0.05, 0) is 29.3 Å². The Labute approximate surface area is 132 Å². The normalized spacial score (nSPS) is 12.2. The molecule has 0 radical (unpaired) electrons. The molecule has 3 heteroatoms. The molecule has 2 nitrogen and oxygen atoms in total. The molecule has 0 saturated heterocycles. The summed E-state index contributed by atoms with van der Waals surface area (Å²) in [4.78, 5) is 0. The summed E-state index contributed by atoms with van der Waals surface area (Å²) in [5.74, 6) is 0.924. The first-order chi connectivity index (χ1) is 10.3. The minimum Gasteiger partial charge on any atom is -0.467 e. The molecule has 3 aromatic rings. The zero-order valence-electron chi connectivity index (χ0n) is 11.5. The highest BCUT2D eigenvalue weighted by molar-refractivity contribution is 9.10. The number of rotatable bonds is 5. The van der Waals surface area contributed by atoms with Crippen LogP contribution in [0, 0.1) is 0 Å². The topological polar surface area (TPSA) is 25.2 Å². The van der Waals surface area contributed by atoms with Crippen molar-refractivity contribution in [3.8, 4) is 0 Å². The quantitative estimate of drug-likeness (QED) is 0.712. The number of halogens is 1. The minimum absolute atomic E-state index is 0.0494. The van der Waals surface area contributed by atoms with Crippen LogP contribution in [0.25, 0.3) is 0 Å². The van der Waals surface area contributed by atoms with Crippen LogP contribution in [0.2, 0.25) is 0 Å². The standard InChI is InChI=1S/C18H16BrNO/c19-16-10-5-4-9-15(16)13-20-18(17-11-6-12-21-17)14-7-2-1-3-8-14/h1-12,18,20H,13H2. The fourth-order valence-electron chi connectivity index (χ4n) is 2.34. The molecule has 1 unspecified atom stereocenters. The lowest BCUT2D eigenvalue weighted by Crippen LogP contribution is -2.21. The Kier molecular flexibility index (Phi) is 4.53. The Morgan fingerprint density at radius 3 is 2.38 bits per heavy atom. The first-order valence-corrected chi connectivity index (χ1v) is 7.69. The fourth-order valence-corrected chi connectivity index (χ4v) is 2.76. The van der Waals surface area contributed by atoms with Crippen LogP contribution in [0.3, 0.4) is 0 Å². The highest BCUT2D eigenvalue weighted by atomic mass is 79.9. The van der Waals surface area contributed by atoms with Crippen LogP contribution in [0.1, 0.15) is 22.9 Å². The molecule has 3 rings (SSSR count). The van der Waals surface area contributed by atoms with Crippen molar-refractivity contribution in [2.45, 2.75) is 12.6 Å². The van der Waals surface area contributed by atoms with Crippen molar-refractivity contribution in [2.24, 2.45) is 0 Å². The molecule has 21 heavy (non-hydrogen) atoms. The van der Waals surface area contributed by atoms with Gasteiger partial charge in [-0.3, -0.25) is 5.32 Å². The Morgan fingerprint density at radius 2 is 1.67 bits per heavy atom. The van der Waals surface area contributed by atoms with Crippen molar-refractivity contribution in [3.63, 3.8) is 0 Å². The lowest BCUT2D eigenvalue weighted by molar-refractivity contribution is 0.445. The summed E-state index contributed by atoms with van der Waals surface area (Å²) < 4.78 is 6.71. The summed E-state index contributed by atoms with van der Waals surface area (Å²) in [6.07, 6.45) is 1.71. The summed E-state index contributed by atoms with van der Waals surface area (Å²) in [5.41, 5.74) is 2.42. The van der Waals surface area contributed by atoms with E-state index in [1.54, 1.807) is 6.26 Å². The molecule has 0 spiro atoms. The molecule has 1 heterocycles. The molecule has 0 aliphatic heterocycles. The second-order valence-corrected chi connectivity index (χ2v) is 5.69. The van der Waals surface area contributed by atoms with Crippen molar-refractivity contribution < 1.29 is 4.42 Å². The molecule has 0 fully saturated rings. The minimum atomic E-state index is 0.0494. The summed E-state index contributed by atoms with van der Waals surface area (Å²) in [7, 11) is 0. The van der Waals surface area contributed by atoms with Crippen molar-refractivity contribution in [1.82, 2.24) is 5.32 Å². The molecule has 1 aromatic heterocycles. The van der Waals surface area contributed by atoms with Crippen molar-refractivity contribution in [3.05, 3.63) is 94.4 Å². The lowest BCUT2D eigenvalue weighted by atomic mass is 10.0. The van der Waals surface area contributed by atoms with E-state index in [0.29, 0.717) is 0 Å². The molecule has 0 bridgehead atoms. The Balaban J connectivity index is 1.82. The van der Waals surface area contributed by atoms with E-state index in [9.17, 15) is 0 Å². The van der Waals surface area contributed by atoms with Crippen molar-refractivity contribution >= 4 is 15.9 Å². The Bertz CT molecular complexity index is 679. The van der Waals surface area contributed by atoms with E-state index in [1.165, 1.54) is 11.1 Å². The first kappa shape index (κ1) is 14.1. The fraction of sp³-hybridized carbons (Fsp3) is 0.111. The van der Waals surface area contributed by atoms with Crippen LogP contribution >= 0.6 is 15.9 Å². The third-order valence-corrected chi connectivity index (χ3v) is 4.19. The smallest absolute Gasteiger partial charge is 0.125 e. The average molecular weight is 342 g/mol. The molecule has 0 aliphatic carbocycles. The van der Waals surface area contributed by atoms with Gasteiger partial charge in [-0.2, -0.15) is 0 Å². The molecule has 106 valence electrons. The average Bonchev–Trinajstić information content (AvgIpc) is 3.04. The largest absolute Gasteiger partial charge is 0.467 e. The van der Waals surface area contributed by atoms with Gasteiger partial charge in [-0.25, -0.2) is 0 Å². The van der Waals surface area contributed by atoms with E-state index in [1.807, 2.05) is 42.5 Å². The maximum atomic E-state index is 5.59. The predicted molar refractivity (Wildman–Crippen MR) is 88.0 cm³/mol. The second kappa shape index (κ2) is 6.74. The third kappa shape index (κ3) is 3.43. The van der Waals surface area contributed by atoms with E-state index < -0.39 is 0 Å². The van der Waals surface area contributed by atoms with Crippen LogP contribution in [0.5, 0.6) is 0 Å². The van der Waals surface area contributed by atoms with Gasteiger partial charge in [0.2, 0.25) is 0 Å². The molecule has 1 N–H and O–H groups in total. The van der Waals surface area contributed by atoms with E-state index in [2.05, 4.69) is 45.5 Å². The van der Waals surface area contributed by atoms with Crippen molar-refractivity contribution in [1.29, 1.82) is 0 Å². The van der Waals surface area contributed by atoms with Gasteiger partial charge in [0.15, 0.2) is 0 Å². The summed E-state index contributed by atoms with van der Waals surface area (Å²) in [6.45, 7) is 0.766. The number of hydrogen-bond donors (Lipinski definition) is 1. The van der Waals surface area contributed by atoms with E-state index in [4.69, 9.17) is 4.42 Å². The Morgan fingerprint density at radius 1 is 0.905 bits per heavy atom. The maximum Gasteiger partial charge on any atom is 0.125 e. The molecule has 1 atom stereocenters. The molecule has 0 amide bonds. The molecule has 0 aliphatic rings. The summed E-state index contributed by atoms with van der Waals surface area (Å²) in [6, 6.07) is 22.6. The van der Waals surface area contributed by atoms with Gasteiger partial charge in [-0.1, -0.05) is 64.5 Å². The zero-order valence-corrected chi connectivity index (χ0v) is 13.1. The van der Waals surface area contributed by atoms with Crippen LogP contribution < -0.4 is 5.32 Å². The summed E-state index contributed by atoms with van der Waals surface area (Å²) in [5, 5.41) is 3.57. The summed E-state index contributed by atoms with van der Waals surface area (Å²) >= 11 is 3.59. The molecule has 2 aromatic carbocycles. The number of nitrogens with one attached hydrogen (secondary N) is 1. The van der Waals surface area contributed by atoms with E-state index >= 15 is 0 Å². The highest BCUT2D eigenvalue weighted by Gasteiger charge is 2.16. The third-order valence-electron chi connectivity index (χ3n) is 3.42. The second-order valence-electron chi connectivity index (χ2n) is 4.83. The predicted octanol–water partition coefficient (Wildman–Crippen LogP) is 4.92. The van der Waals surface area contributed by atoms with E-state index in [-0.39, 0.29) is 6.04 Å².